The molecule has 2 atom stereocenters. The van der Waals surface area contributed by atoms with Crippen molar-refractivity contribution in [2.24, 2.45) is 11.7 Å². The molecule has 0 aliphatic rings. The van der Waals surface area contributed by atoms with Gasteiger partial charge in [-0.05, 0) is 31.0 Å². The minimum absolute atomic E-state index is 0.125. The number of halogens is 1. The van der Waals surface area contributed by atoms with E-state index >= 15 is 0 Å². The van der Waals surface area contributed by atoms with Crippen LogP contribution >= 0.6 is 23.8 Å². The lowest BCUT2D eigenvalue weighted by molar-refractivity contribution is -0.123. The summed E-state index contributed by atoms with van der Waals surface area (Å²) >= 11 is 10.8. The van der Waals surface area contributed by atoms with Crippen LogP contribution in [0.1, 0.15) is 31.9 Å². The van der Waals surface area contributed by atoms with Gasteiger partial charge in [0.25, 0.3) is 0 Å². The molecule has 0 aliphatic carbocycles. The molecule has 0 heterocycles. The van der Waals surface area contributed by atoms with Crippen LogP contribution in [0.3, 0.4) is 0 Å². The van der Waals surface area contributed by atoms with E-state index in [2.05, 4.69) is 5.32 Å². The van der Waals surface area contributed by atoms with Gasteiger partial charge in [-0.15, -0.1) is 0 Å². The lowest BCUT2D eigenvalue weighted by Crippen LogP contribution is -2.38. The average Bonchev–Trinajstić information content (AvgIpc) is 2.29. The van der Waals surface area contributed by atoms with Crippen LogP contribution in [0.5, 0.6) is 0 Å². The summed E-state index contributed by atoms with van der Waals surface area (Å²) in [4.78, 5) is 12.2. The molecule has 3 N–H and O–H groups in total. The average molecular weight is 285 g/mol. The minimum atomic E-state index is -0.415. The van der Waals surface area contributed by atoms with Crippen molar-refractivity contribution in [1.82, 2.24) is 5.32 Å². The molecule has 0 aliphatic heterocycles. The second-order valence-electron chi connectivity index (χ2n) is 4.15. The standard InChI is InChI=1S/C13H17ClN2OS/c1-3-11(12(15)18)13(17)16-8(2)9-5-4-6-10(14)7-9/h4-8,11H,3H2,1-2H3,(H2,15,18)(H,16,17). The summed E-state index contributed by atoms with van der Waals surface area (Å²) < 4.78 is 0. The van der Waals surface area contributed by atoms with Gasteiger partial charge >= 0.3 is 0 Å². The summed E-state index contributed by atoms with van der Waals surface area (Å²) in [5.41, 5.74) is 6.49. The lowest BCUT2D eigenvalue weighted by atomic mass is 10.0. The fraction of sp³-hybridized carbons (Fsp3) is 0.385. The highest BCUT2D eigenvalue weighted by Gasteiger charge is 2.21. The van der Waals surface area contributed by atoms with E-state index in [1.807, 2.05) is 32.0 Å². The van der Waals surface area contributed by atoms with Crippen molar-refractivity contribution in [3.05, 3.63) is 34.9 Å². The number of nitrogens with one attached hydrogen (secondary N) is 1. The molecule has 3 nitrogen and oxygen atoms in total. The molecule has 0 fully saturated rings. The number of carbonyl (C=O) groups excluding carboxylic acids is 1. The summed E-state index contributed by atoms with van der Waals surface area (Å²) in [5.74, 6) is -0.556. The zero-order valence-electron chi connectivity index (χ0n) is 10.4. The molecule has 1 rings (SSSR count). The predicted octanol–water partition coefficient (Wildman–Crippen LogP) is 2.83. The zero-order chi connectivity index (χ0) is 13.7. The second kappa shape index (κ2) is 6.71. The smallest absolute Gasteiger partial charge is 0.230 e. The van der Waals surface area contributed by atoms with Crippen LogP contribution in [0.15, 0.2) is 24.3 Å². The number of carbonyl (C=O) groups is 1. The third-order valence-electron chi connectivity index (χ3n) is 2.78. The Bertz CT molecular complexity index is 450. The molecule has 98 valence electrons. The Morgan fingerprint density at radius 1 is 1.56 bits per heavy atom. The number of thiocarbonyl (C=S) groups is 1. The van der Waals surface area contributed by atoms with Gasteiger partial charge in [0.2, 0.25) is 5.91 Å². The molecule has 0 spiro atoms. The fourth-order valence-corrected chi connectivity index (χ4v) is 2.16. The van der Waals surface area contributed by atoms with Gasteiger partial charge < -0.3 is 11.1 Å². The third-order valence-corrected chi connectivity index (χ3v) is 3.30. The Morgan fingerprint density at radius 2 is 2.22 bits per heavy atom. The van der Waals surface area contributed by atoms with E-state index in [9.17, 15) is 4.79 Å². The van der Waals surface area contributed by atoms with E-state index in [4.69, 9.17) is 29.6 Å². The van der Waals surface area contributed by atoms with Crippen molar-refractivity contribution in [2.45, 2.75) is 26.3 Å². The molecule has 0 saturated heterocycles. The molecule has 0 radical (unpaired) electrons. The van der Waals surface area contributed by atoms with Gasteiger partial charge in [-0.2, -0.15) is 0 Å². The molecule has 18 heavy (non-hydrogen) atoms. The molecule has 1 aromatic rings. The fourth-order valence-electron chi connectivity index (χ4n) is 1.69. The van der Waals surface area contributed by atoms with Gasteiger partial charge in [-0.25, -0.2) is 0 Å². The number of rotatable bonds is 5. The molecule has 1 amide bonds. The first-order chi connectivity index (χ1) is 8.45. The highest BCUT2D eigenvalue weighted by molar-refractivity contribution is 7.80. The Kier molecular flexibility index (Phi) is 5.56. The van der Waals surface area contributed by atoms with Gasteiger partial charge in [0.1, 0.15) is 0 Å². The highest BCUT2D eigenvalue weighted by atomic mass is 35.5. The maximum atomic E-state index is 12.0. The maximum Gasteiger partial charge on any atom is 0.230 e. The van der Waals surface area contributed by atoms with Gasteiger partial charge in [0, 0.05) is 5.02 Å². The van der Waals surface area contributed by atoms with E-state index in [0.717, 1.165) is 5.56 Å². The number of nitrogens with two attached hydrogens (primary N) is 1. The second-order valence-corrected chi connectivity index (χ2v) is 5.06. The first-order valence-corrected chi connectivity index (χ1v) is 6.59. The lowest BCUT2D eigenvalue weighted by Gasteiger charge is -2.19. The van der Waals surface area contributed by atoms with Crippen molar-refractivity contribution in [1.29, 1.82) is 0 Å². The van der Waals surface area contributed by atoms with Crippen LogP contribution in [0.4, 0.5) is 0 Å². The van der Waals surface area contributed by atoms with Crippen LogP contribution in [0.25, 0.3) is 0 Å². The van der Waals surface area contributed by atoms with Crippen LogP contribution in [-0.4, -0.2) is 10.9 Å². The van der Waals surface area contributed by atoms with Gasteiger partial charge in [-0.3, -0.25) is 4.79 Å². The number of hydrogen-bond acceptors (Lipinski definition) is 2. The molecule has 0 aromatic heterocycles. The van der Waals surface area contributed by atoms with Crippen LogP contribution < -0.4 is 11.1 Å². The summed E-state index contributed by atoms with van der Waals surface area (Å²) in [5, 5.41) is 3.54. The molecule has 2 unspecified atom stereocenters. The number of amides is 1. The number of hydrogen-bond donors (Lipinski definition) is 2. The molecule has 0 saturated carbocycles. The van der Waals surface area contributed by atoms with E-state index in [0.29, 0.717) is 11.4 Å². The normalized spacial score (nSPS) is 13.7. The van der Waals surface area contributed by atoms with Crippen molar-refractivity contribution < 1.29 is 4.79 Å². The Balaban J connectivity index is 2.73. The van der Waals surface area contributed by atoms with E-state index < -0.39 is 5.92 Å². The Hall–Kier alpha value is -1.13. The summed E-state index contributed by atoms with van der Waals surface area (Å²) in [6.45, 7) is 3.78. The predicted molar refractivity (Wildman–Crippen MR) is 78.6 cm³/mol. The van der Waals surface area contributed by atoms with Crippen molar-refractivity contribution >= 4 is 34.7 Å². The summed E-state index contributed by atoms with van der Waals surface area (Å²) in [7, 11) is 0. The topological polar surface area (TPSA) is 55.1 Å². The summed E-state index contributed by atoms with van der Waals surface area (Å²) in [6, 6.07) is 7.26. The van der Waals surface area contributed by atoms with Crippen LogP contribution in [0.2, 0.25) is 5.02 Å². The monoisotopic (exact) mass is 284 g/mol. The number of benzene rings is 1. The SMILES string of the molecule is CCC(C(=O)NC(C)c1cccc(Cl)c1)C(N)=S. The van der Waals surface area contributed by atoms with Crippen molar-refractivity contribution in [3.63, 3.8) is 0 Å². The zero-order valence-corrected chi connectivity index (χ0v) is 12.0. The van der Waals surface area contributed by atoms with Crippen LogP contribution in [-0.2, 0) is 4.79 Å². The quantitative estimate of drug-likeness (QED) is 0.818. The van der Waals surface area contributed by atoms with Gasteiger partial charge in [-0.1, -0.05) is 42.9 Å². The Morgan fingerprint density at radius 3 is 2.72 bits per heavy atom. The molecule has 0 bridgehead atoms. The summed E-state index contributed by atoms with van der Waals surface area (Å²) in [6.07, 6.45) is 0.601. The van der Waals surface area contributed by atoms with Crippen LogP contribution in [0, 0.1) is 5.92 Å². The van der Waals surface area contributed by atoms with E-state index in [1.54, 1.807) is 6.07 Å². The highest BCUT2D eigenvalue weighted by Crippen LogP contribution is 2.18. The van der Waals surface area contributed by atoms with E-state index in [1.165, 1.54) is 0 Å². The van der Waals surface area contributed by atoms with Gasteiger partial charge in [0.15, 0.2) is 0 Å². The molecule has 1 aromatic carbocycles. The maximum absolute atomic E-state index is 12.0. The first kappa shape index (κ1) is 14.9. The first-order valence-electron chi connectivity index (χ1n) is 5.80. The minimum Gasteiger partial charge on any atom is -0.393 e. The van der Waals surface area contributed by atoms with Crippen molar-refractivity contribution in [2.75, 3.05) is 0 Å². The van der Waals surface area contributed by atoms with E-state index in [-0.39, 0.29) is 16.9 Å². The molecular weight excluding hydrogens is 268 g/mol. The van der Waals surface area contributed by atoms with Crippen molar-refractivity contribution in [3.8, 4) is 0 Å². The largest absolute Gasteiger partial charge is 0.393 e. The Labute approximate surface area is 118 Å². The molecule has 5 heteroatoms. The van der Waals surface area contributed by atoms with Gasteiger partial charge in [0.05, 0.1) is 16.9 Å². The molecular formula is C13H17ClN2OS. The third kappa shape index (κ3) is 3.96.